The predicted molar refractivity (Wildman–Crippen MR) is 43.2 cm³/mol. The minimum absolute atomic E-state index is 0. The van der Waals surface area contributed by atoms with Crippen LogP contribution in [0.25, 0.3) is 0 Å². The Labute approximate surface area is 108 Å². The standard InChI is InChI=1S/C3H8O6S2.Sr/c4-10(5,6)2-1-3-11(7,8)9;/h1-3H2,(H,4,5,6)(H,7,8,9);. The zero-order valence-corrected chi connectivity index (χ0v) is 11.3. The first-order chi connectivity index (χ1) is 4.71. The molecule has 0 aliphatic rings. The molecule has 0 rings (SSSR count). The van der Waals surface area contributed by atoms with E-state index in [0.717, 1.165) is 0 Å². The normalized spacial score (nSPS) is 12.2. The van der Waals surface area contributed by atoms with Gasteiger partial charge in [0, 0.05) is 45.5 Å². The van der Waals surface area contributed by atoms with Gasteiger partial charge in [-0.15, -0.1) is 0 Å². The van der Waals surface area contributed by atoms with E-state index in [1.54, 1.807) is 0 Å². The second-order valence-corrected chi connectivity index (χ2v) is 5.07. The average Bonchev–Trinajstić information content (AvgIpc) is 1.55. The second kappa shape index (κ2) is 5.91. The first-order valence-corrected chi connectivity index (χ1v) is 5.83. The molecule has 0 saturated carbocycles. The zero-order chi connectivity index (χ0) is 9.12. The van der Waals surface area contributed by atoms with E-state index in [2.05, 4.69) is 0 Å². The monoisotopic (exact) mass is 292 g/mol. The van der Waals surface area contributed by atoms with Gasteiger partial charge in [-0.05, 0) is 6.42 Å². The molecule has 0 aromatic rings. The van der Waals surface area contributed by atoms with Crippen LogP contribution in [-0.2, 0) is 20.2 Å². The van der Waals surface area contributed by atoms with Crippen LogP contribution in [0.3, 0.4) is 0 Å². The van der Waals surface area contributed by atoms with E-state index in [9.17, 15) is 16.8 Å². The fourth-order valence-corrected chi connectivity index (χ4v) is 1.62. The van der Waals surface area contributed by atoms with Crippen LogP contribution >= 0.6 is 0 Å². The van der Waals surface area contributed by atoms with Gasteiger partial charge in [-0.2, -0.15) is 16.8 Å². The summed E-state index contributed by atoms with van der Waals surface area (Å²) in [4.78, 5) is 0. The van der Waals surface area contributed by atoms with Gasteiger partial charge in [0.1, 0.15) is 0 Å². The quantitative estimate of drug-likeness (QED) is 0.496. The van der Waals surface area contributed by atoms with Crippen LogP contribution in [0.2, 0.25) is 0 Å². The van der Waals surface area contributed by atoms with Crippen LogP contribution in [0.1, 0.15) is 6.42 Å². The number of rotatable bonds is 4. The molecular weight excluding hydrogens is 284 g/mol. The molecule has 0 aromatic heterocycles. The summed E-state index contributed by atoms with van der Waals surface area (Å²) in [5.74, 6) is -1.32. The van der Waals surface area contributed by atoms with Crippen molar-refractivity contribution in [2.75, 3.05) is 11.5 Å². The molecule has 0 bridgehead atoms. The molecule has 6 nitrogen and oxygen atoms in total. The molecule has 0 amide bonds. The molecule has 2 N–H and O–H groups in total. The molecule has 0 heterocycles. The predicted octanol–water partition coefficient (Wildman–Crippen LogP) is -1.23. The Morgan fingerprint density at radius 3 is 1.25 bits per heavy atom. The Hall–Kier alpha value is 1.30. The van der Waals surface area contributed by atoms with Crippen molar-refractivity contribution in [3.8, 4) is 0 Å². The van der Waals surface area contributed by atoms with Crippen molar-refractivity contribution in [2.24, 2.45) is 0 Å². The molecule has 9 heteroatoms. The van der Waals surface area contributed by atoms with Crippen LogP contribution in [0.5, 0.6) is 0 Å². The van der Waals surface area contributed by atoms with Gasteiger partial charge in [0.05, 0.1) is 11.5 Å². The molecule has 12 heavy (non-hydrogen) atoms. The van der Waals surface area contributed by atoms with Crippen molar-refractivity contribution in [1.29, 1.82) is 0 Å². The molecule has 2 radical (unpaired) electrons. The molecule has 0 unspecified atom stereocenters. The summed E-state index contributed by atoms with van der Waals surface area (Å²) in [6, 6.07) is 0. The van der Waals surface area contributed by atoms with Crippen molar-refractivity contribution in [2.45, 2.75) is 6.42 Å². The van der Waals surface area contributed by atoms with E-state index in [0.29, 0.717) is 0 Å². The molecule has 0 aliphatic heterocycles. The molecular formula is C3H8O6S2Sr. The van der Waals surface area contributed by atoms with Crippen molar-refractivity contribution < 1.29 is 25.9 Å². The Kier molecular flexibility index (Phi) is 7.76. The van der Waals surface area contributed by atoms with Gasteiger partial charge in [-0.1, -0.05) is 0 Å². The van der Waals surface area contributed by atoms with Gasteiger partial charge in [0.25, 0.3) is 20.2 Å². The third-order valence-corrected chi connectivity index (χ3v) is 2.41. The van der Waals surface area contributed by atoms with Gasteiger partial charge < -0.3 is 0 Å². The molecule has 0 aromatic carbocycles. The number of hydrogen-bond acceptors (Lipinski definition) is 4. The van der Waals surface area contributed by atoms with Gasteiger partial charge in [-0.25, -0.2) is 0 Å². The van der Waals surface area contributed by atoms with Crippen LogP contribution in [0.15, 0.2) is 0 Å². The summed E-state index contributed by atoms with van der Waals surface area (Å²) in [6.45, 7) is 0. The number of hydrogen-bond donors (Lipinski definition) is 2. The van der Waals surface area contributed by atoms with Gasteiger partial charge in [0.15, 0.2) is 0 Å². The van der Waals surface area contributed by atoms with Gasteiger partial charge >= 0.3 is 0 Å². The fourth-order valence-electron chi connectivity index (χ4n) is 0.424. The van der Waals surface area contributed by atoms with Crippen molar-refractivity contribution in [3.05, 3.63) is 0 Å². The molecule has 0 atom stereocenters. The van der Waals surface area contributed by atoms with E-state index in [1.807, 2.05) is 0 Å². The van der Waals surface area contributed by atoms with Crippen LogP contribution in [0, 0.1) is 0 Å². The zero-order valence-electron chi connectivity index (χ0n) is 6.17. The van der Waals surface area contributed by atoms with Crippen LogP contribution < -0.4 is 0 Å². The summed E-state index contributed by atoms with van der Waals surface area (Å²) in [6.07, 6.45) is -0.308. The van der Waals surface area contributed by atoms with Crippen molar-refractivity contribution in [1.82, 2.24) is 0 Å². The fraction of sp³-hybridized carbons (Fsp3) is 1.00. The first-order valence-electron chi connectivity index (χ1n) is 2.61. The molecule has 70 valence electrons. The Balaban J connectivity index is 0. The average molecular weight is 292 g/mol. The van der Waals surface area contributed by atoms with E-state index >= 15 is 0 Å². The maximum absolute atomic E-state index is 10.00. The third-order valence-electron chi connectivity index (χ3n) is 0.805. The first kappa shape index (κ1) is 15.8. The van der Waals surface area contributed by atoms with E-state index in [1.165, 1.54) is 0 Å². The van der Waals surface area contributed by atoms with Crippen molar-refractivity contribution >= 4 is 65.7 Å². The smallest absolute Gasteiger partial charge is 0.264 e. The summed E-state index contributed by atoms with van der Waals surface area (Å²) in [5, 5.41) is 0. The topological polar surface area (TPSA) is 109 Å². The van der Waals surface area contributed by atoms with Crippen LogP contribution in [0.4, 0.5) is 0 Å². The summed E-state index contributed by atoms with van der Waals surface area (Å²) >= 11 is 0. The largest absolute Gasteiger partial charge is 0.286 e. The third kappa shape index (κ3) is 13.9. The van der Waals surface area contributed by atoms with Crippen molar-refractivity contribution in [3.63, 3.8) is 0 Å². The molecule has 0 saturated heterocycles. The Morgan fingerprint density at radius 1 is 0.833 bits per heavy atom. The summed E-state index contributed by atoms with van der Waals surface area (Å²) < 4.78 is 56.2. The van der Waals surface area contributed by atoms with E-state index < -0.39 is 31.7 Å². The van der Waals surface area contributed by atoms with Crippen LogP contribution in [-0.4, -0.2) is 82.9 Å². The molecule has 0 fully saturated rings. The minimum Gasteiger partial charge on any atom is -0.286 e. The maximum Gasteiger partial charge on any atom is 0.264 e. The SMILES string of the molecule is O=S(=O)(O)CCCS(=O)(=O)O.[Sr]. The second-order valence-electron chi connectivity index (χ2n) is 1.93. The summed E-state index contributed by atoms with van der Waals surface area (Å²) in [5.41, 5.74) is 0. The Bertz CT molecular complexity index is 270. The minimum atomic E-state index is -4.12. The van der Waals surface area contributed by atoms with E-state index in [-0.39, 0.29) is 51.9 Å². The Morgan fingerprint density at radius 2 is 1.08 bits per heavy atom. The summed E-state index contributed by atoms with van der Waals surface area (Å²) in [7, 11) is -8.24. The van der Waals surface area contributed by atoms with Gasteiger partial charge in [-0.3, -0.25) is 9.11 Å². The van der Waals surface area contributed by atoms with Gasteiger partial charge in [0.2, 0.25) is 0 Å². The maximum atomic E-state index is 10.00. The van der Waals surface area contributed by atoms with E-state index in [4.69, 9.17) is 9.11 Å². The molecule has 0 spiro atoms. The molecule has 0 aliphatic carbocycles.